The molecule has 3 heteroatoms. The molecule has 1 heterocycles. The van der Waals surface area contributed by atoms with Crippen molar-refractivity contribution in [3.8, 4) is 11.8 Å². The number of ether oxygens (including phenoxy) is 1. The Morgan fingerprint density at radius 3 is 3.00 bits per heavy atom. The van der Waals surface area contributed by atoms with Crippen LogP contribution in [0.2, 0.25) is 0 Å². The van der Waals surface area contributed by atoms with Gasteiger partial charge in [-0.2, -0.15) is 5.26 Å². The van der Waals surface area contributed by atoms with Gasteiger partial charge in [0.2, 0.25) is 0 Å². The van der Waals surface area contributed by atoms with Crippen molar-refractivity contribution in [2.45, 2.75) is 13.1 Å². The van der Waals surface area contributed by atoms with Crippen molar-refractivity contribution >= 4 is 0 Å². The second-order valence-electron chi connectivity index (χ2n) is 3.03. The van der Waals surface area contributed by atoms with E-state index >= 15 is 0 Å². The summed E-state index contributed by atoms with van der Waals surface area (Å²) in [7, 11) is 1.63. The molecule has 0 aliphatic carbocycles. The Hall–Kier alpha value is -1.53. The van der Waals surface area contributed by atoms with E-state index in [1.165, 1.54) is 11.1 Å². The Balaban J connectivity index is 2.57. The number of hydrogen-bond donors (Lipinski definition) is 1. The molecule has 1 aliphatic rings. The summed E-state index contributed by atoms with van der Waals surface area (Å²) in [6.45, 7) is 1.67. The van der Waals surface area contributed by atoms with Gasteiger partial charge in [-0.25, -0.2) is 0 Å². The summed E-state index contributed by atoms with van der Waals surface area (Å²) in [5.74, 6) is 0.819. The number of fused-ring (bicyclic) bond motifs is 1. The van der Waals surface area contributed by atoms with Gasteiger partial charge in [0, 0.05) is 18.7 Å². The molecule has 0 unspecified atom stereocenters. The summed E-state index contributed by atoms with van der Waals surface area (Å²) in [4.78, 5) is 0. The van der Waals surface area contributed by atoms with Gasteiger partial charge in [0.1, 0.15) is 5.75 Å². The van der Waals surface area contributed by atoms with Crippen molar-refractivity contribution < 1.29 is 4.74 Å². The molecule has 0 aromatic heterocycles. The third-order valence-corrected chi connectivity index (χ3v) is 2.27. The van der Waals surface area contributed by atoms with Crippen molar-refractivity contribution in [1.82, 2.24) is 5.32 Å². The van der Waals surface area contributed by atoms with E-state index in [2.05, 4.69) is 11.4 Å². The molecule has 0 atom stereocenters. The second kappa shape index (κ2) is 3.08. The monoisotopic (exact) mass is 174 g/mol. The zero-order chi connectivity index (χ0) is 9.26. The molecule has 0 amide bonds. The average molecular weight is 174 g/mol. The Bertz CT molecular complexity index is 379. The standard InChI is InChI=1S/C10H10N2O/c1-13-10-3-7(4-11)2-8-5-12-6-9(8)10/h2-3,12H,5-6H2,1H3. The number of nitrogens with zero attached hydrogens (tertiary/aromatic N) is 1. The van der Waals surface area contributed by atoms with Crippen molar-refractivity contribution in [2.24, 2.45) is 0 Å². The first-order chi connectivity index (χ1) is 6.35. The van der Waals surface area contributed by atoms with Gasteiger partial charge in [-0.15, -0.1) is 0 Å². The zero-order valence-corrected chi connectivity index (χ0v) is 7.42. The third kappa shape index (κ3) is 1.25. The van der Waals surface area contributed by atoms with Gasteiger partial charge in [-0.3, -0.25) is 0 Å². The van der Waals surface area contributed by atoms with Crippen LogP contribution in [0.25, 0.3) is 0 Å². The molecule has 3 nitrogen and oxygen atoms in total. The summed E-state index contributed by atoms with van der Waals surface area (Å²) < 4.78 is 5.21. The molecule has 1 N–H and O–H groups in total. The molecule has 1 aliphatic heterocycles. The highest BCUT2D eigenvalue weighted by molar-refractivity contribution is 5.49. The Kier molecular flexibility index (Phi) is 1.91. The van der Waals surface area contributed by atoms with Gasteiger partial charge in [0.25, 0.3) is 0 Å². The van der Waals surface area contributed by atoms with Gasteiger partial charge >= 0.3 is 0 Å². The second-order valence-corrected chi connectivity index (χ2v) is 3.03. The highest BCUT2D eigenvalue weighted by Crippen LogP contribution is 2.27. The highest BCUT2D eigenvalue weighted by Gasteiger charge is 2.15. The lowest BCUT2D eigenvalue weighted by molar-refractivity contribution is 0.409. The van der Waals surface area contributed by atoms with Gasteiger partial charge in [-0.05, 0) is 17.7 Å². The van der Waals surface area contributed by atoms with Crippen LogP contribution in [-0.4, -0.2) is 7.11 Å². The van der Waals surface area contributed by atoms with Crippen LogP contribution in [0.15, 0.2) is 12.1 Å². The maximum Gasteiger partial charge on any atom is 0.124 e. The van der Waals surface area contributed by atoms with Crippen LogP contribution >= 0.6 is 0 Å². The van der Waals surface area contributed by atoms with Gasteiger partial charge in [0.15, 0.2) is 0 Å². The van der Waals surface area contributed by atoms with Crippen LogP contribution < -0.4 is 10.1 Å². The fourth-order valence-corrected chi connectivity index (χ4v) is 1.63. The normalized spacial score (nSPS) is 13.5. The first kappa shape index (κ1) is 8.09. The Morgan fingerprint density at radius 1 is 1.46 bits per heavy atom. The molecule has 1 aromatic carbocycles. The lowest BCUT2D eigenvalue weighted by atomic mass is 10.1. The summed E-state index contributed by atoms with van der Waals surface area (Å²) in [6.07, 6.45) is 0. The van der Waals surface area contributed by atoms with E-state index in [1.54, 1.807) is 13.2 Å². The minimum atomic E-state index is 0.666. The summed E-state index contributed by atoms with van der Waals surface area (Å²) in [5.41, 5.74) is 3.02. The first-order valence-corrected chi connectivity index (χ1v) is 4.15. The van der Waals surface area contributed by atoms with Crippen molar-refractivity contribution in [3.05, 3.63) is 28.8 Å². The molecule has 0 bridgehead atoms. The first-order valence-electron chi connectivity index (χ1n) is 4.15. The van der Waals surface area contributed by atoms with Crippen LogP contribution in [0.4, 0.5) is 0 Å². The van der Waals surface area contributed by atoms with Crippen LogP contribution in [0.1, 0.15) is 16.7 Å². The van der Waals surface area contributed by atoms with E-state index in [4.69, 9.17) is 10.00 Å². The molecule has 13 heavy (non-hydrogen) atoms. The number of hydrogen-bond acceptors (Lipinski definition) is 3. The molecule has 2 rings (SSSR count). The molecule has 0 saturated heterocycles. The van der Waals surface area contributed by atoms with Gasteiger partial charge < -0.3 is 10.1 Å². The van der Waals surface area contributed by atoms with Gasteiger partial charge in [-0.1, -0.05) is 0 Å². The fraction of sp³-hybridized carbons (Fsp3) is 0.300. The van der Waals surface area contributed by atoms with Crippen LogP contribution in [0.5, 0.6) is 5.75 Å². The van der Waals surface area contributed by atoms with Gasteiger partial charge in [0.05, 0.1) is 18.7 Å². The van der Waals surface area contributed by atoms with E-state index in [-0.39, 0.29) is 0 Å². The van der Waals surface area contributed by atoms with E-state index in [9.17, 15) is 0 Å². The minimum absolute atomic E-state index is 0.666. The fourth-order valence-electron chi connectivity index (χ4n) is 1.63. The smallest absolute Gasteiger partial charge is 0.124 e. The van der Waals surface area contributed by atoms with E-state index in [0.29, 0.717) is 5.56 Å². The number of nitriles is 1. The topological polar surface area (TPSA) is 45.0 Å². The van der Waals surface area contributed by atoms with E-state index < -0.39 is 0 Å². The Morgan fingerprint density at radius 2 is 2.31 bits per heavy atom. The lowest BCUT2D eigenvalue weighted by Gasteiger charge is -2.06. The zero-order valence-electron chi connectivity index (χ0n) is 7.42. The molecule has 0 saturated carbocycles. The van der Waals surface area contributed by atoms with E-state index in [0.717, 1.165) is 18.8 Å². The average Bonchev–Trinajstić information content (AvgIpc) is 2.63. The molecule has 0 radical (unpaired) electrons. The minimum Gasteiger partial charge on any atom is -0.496 e. The number of methoxy groups -OCH3 is 1. The van der Waals surface area contributed by atoms with Crippen molar-refractivity contribution in [1.29, 1.82) is 5.26 Å². The molecule has 1 aromatic rings. The summed E-state index contributed by atoms with van der Waals surface area (Å²) in [6, 6.07) is 5.82. The maximum atomic E-state index is 8.76. The van der Waals surface area contributed by atoms with E-state index in [1.807, 2.05) is 6.07 Å². The Labute approximate surface area is 76.9 Å². The highest BCUT2D eigenvalue weighted by atomic mass is 16.5. The predicted molar refractivity (Wildman–Crippen MR) is 48.3 cm³/mol. The number of benzene rings is 1. The maximum absolute atomic E-state index is 8.76. The van der Waals surface area contributed by atoms with Crippen molar-refractivity contribution in [3.63, 3.8) is 0 Å². The largest absolute Gasteiger partial charge is 0.496 e. The molecule has 0 fully saturated rings. The SMILES string of the molecule is COc1cc(C#N)cc2c1CNC2. The van der Waals surface area contributed by atoms with Crippen LogP contribution in [0.3, 0.4) is 0 Å². The van der Waals surface area contributed by atoms with Crippen LogP contribution in [0, 0.1) is 11.3 Å². The summed E-state index contributed by atoms with van der Waals surface area (Å²) in [5, 5.41) is 12.0. The molecule has 66 valence electrons. The quantitative estimate of drug-likeness (QED) is 0.695. The molecular formula is C10H10N2O. The summed E-state index contributed by atoms with van der Waals surface area (Å²) >= 11 is 0. The number of nitrogens with one attached hydrogen (secondary N) is 1. The molecule has 0 spiro atoms. The predicted octanol–water partition coefficient (Wildman–Crippen LogP) is 1.17. The third-order valence-electron chi connectivity index (χ3n) is 2.27. The van der Waals surface area contributed by atoms with Crippen molar-refractivity contribution in [2.75, 3.05) is 7.11 Å². The lowest BCUT2D eigenvalue weighted by Crippen LogP contribution is -2.00. The number of rotatable bonds is 1. The molecular weight excluding hydrogens is 164 g/mol. The van der Waals surface area contributed by atoms with Crippen LogP contribution in [-0.2, 0) is 13.1 Å².